The van der Waals surface area contributed by atoms with E-state index in [1.807, 2.05) is 0 Å². The fourth-order valence-corrected chi connectivity index (χ4v) is 3.13. The van der Waals surface area contributed by atoms with E-state index in [0.717, 1.165) is 11.8 Å². The molecule has 0 unspecified atom stereocenters. The summed E-state index contributed by atoms with van der Waals surface area (Å²) in [5.41, 5.74) is 2.99. The van der Waals surface area contributed by atoms with Crippen LogP contribution in [0.1, 0.15) is 15.9 Å². The number of aromatic nitrogens is 2. The fourth-order valence-electron chi connectivity index (χ4n) is 1.95. The highest BCUT2D eigenvalue weighted by molar-refractivity contribution is 7.98. The van der Waals surface area contributed by atoms with Gasteiger partial charge in [-0.05, 0) is 12.3 Å². The normalized spacial score (nSPS) is 11.7. The monoisotopic (exact) mass is 385 g/mol. The van der Waals surface area contributed by atoms with Crippen molar-refractivity contribution in [2.75, 3.05) is 12.0 Å². The smallest absolute Gasteiger partial charge is 0.418 e. The third-order valence-corrected chi connectivity index (χ3v) is 4.32. The first-order chi connectivity index (χ1) is 10.6. The number of benzene rings is 1. The van der Waals surface area contributed by atoms with Gasteiger partial charge in [0.2, 0.25) is 0 Å². The van der Waals surface area contributed by atoms with Crippen LogP contribution in [0.25, 0.3) is 11.3 Å². The second-order valence-electron chi connectivity index (χ2n) is 4.29. The van der Waals surface area contributed by atoms with Gasteiger partial charge in [-0.2, -0.15) is 18.3 Å². The second kappa shape index (κ2) is 6.14. The van der Waals surface area contributed by atoms with Gasteiger partial charge >= 0.3 is 12.1 Å². The highest BCUT2D eigenvalue weighted by Crippen LogP contribution is 2.46. The molecule has 1 aromatic heterocycles. The van der Waals surface area contributed by atoms with Gasteiger partial charge in [-0.1, -0.05) is 23.2 Å². The lowest BCUT2D eigenvalue weighted by Gasteiger charge is -2.15. The van der Waals surface area contributed by atoms with E-state index in [1.54, 1.807) is 6.26 Å². The number of carbonyl (C=O) groups is 1. The molecule has 1 heterocycles. The number of rotatable bonds is 3. The number of aromatic carboxylic acids is 1. The number of anilines is 1. The minimum absolute atomic E-state index is 0.114. The predicted octanol–water partition coefficient (Wildman–Crippen LogP) is 4.40. The Balaban J connectivity index is 2.79. The molecule has 2 aromatic rings. The SMILES string of the molecule is CSc1n[nH]c(-c2c(Cl)cc(C(F)(F)F)c(N)c2Cl)c1C(=O)O. The molecule has 0 aliphatic rings. The van der Waals surface area contributed by atoms with E-state index >= 15 is 0 Å². The van der Waals surface area contributed by atoms with Crippen LogP contribution in [0.3, 0.4) is 0 Å². The van der Waals surface area contributed by atoms with Crippen LogP contribution in [0.5, 0.6) is 0 Å². The van der Waals surface area contributed by atoms with Gasteiger partial charge in [0.25, 0.3) is 0 Å². The Bertz CT molecular complexity index is 793. The molecule has 0 fully saturated rings. The highest BCUT2D eigenvalue weighted by Gasteiger charge is 2.36. The van der Waals surface area contributed by atoms with Crippen molar-refractivity contribution in [3.63, 3.8) is 0 Å². The lowest BCUT2D eigenvalue weighted by molar-refractivity contribution is -0.136. The lowest BCUT2D eigenvalue weighted by Crippen LogP contribution is -2.10. The van der Waals surface area contributed by atoms with Gasteiger partial charge in [-0.25, -0.2) is 4.79 Å². The molecular formula is C12H8Cl2F3N3O2S. The van der Waals surface area contributed by atoms with Gasteiger partial charge in [0.15, 0.2) is 0 Å². The minimum atomic E-state index is -4.75. The molecule has 4 N–H and O–H groups in total. The number of nitrogens with two attached hydrogens (primary N) is 1. The third-order valence-electron chi connectivity index (χ3n) is 2.95. The third kappa shape index (κ3) is 3.08. The molecule has 124 valence electrons. The first-order valence-electron chi connectivity index (χ1n) is 5.80. The molecular weight excluding hydrogens is 378 g/mol. The highest BCUT2D eigenvalue weighted by atomic mass is 35.5. The summed E-state index contributed by atoms with van der Waals surface area (Å²) in [6.07, 6.45) is -3.15. The fraction of sp³-hybridized carbons (Fsp3) is 0.167. The van der Waals surface area contributed by atoms with Crippen LogP contribution in [0.15, 0.2) is 11.1 Å². The maximum atomic E-state index is 12.9. The van der Waals surface area contributed by atoms with Crippen molar-refractivity contribution in [3.8, 4) is 11.3 Å². The summed E-state index contributed by atoms with van der Waals surface area (Å²) in [4.78, 5) is 11.4. The van der Waals surface area contributed by atoms with Crippen LogP contribution >= 0.6 is 35.0 Å². The average molecular weight is 386 g/mol. The number of H-pyrrole nitrogens is 1. The zero-order chi connectivity index (χ0) is 17.5. The summed E-state index contributed by atoms with van der Waals surface area (Å²) in [6, 6.07) is 0.601. The summed E-state index contributed by atoms with van der Waals surface area (Å²) in [6.45, 7) is 0. The number of nitrogens with zero attached hydrogens (tertiary/aromatic N) is 1. The quantitative estimate of drug-likeness (QED) is 0.537. The van der Waals surface area contributed by atoms with Gasteiger partial charge in [-0.3, -0.25) is 5.10 Å². The number of alkyl halides is 3. The number of thioether (sulfide) groups is 1. The van der Waals surface area contributed by atoms with Crippen LogP contribution in [-0.4, -0.2) is 27.5 Å². The maximum absolute atomic E-state index is 12.9. The zero-order valence-electron chi connectivity index (χ0n) is 11.3. The maximum Gasteiger partial charge on any atom is 0.418 e. The van der Waals surface area contributed by atoms with Gasteiger partial charge in [-0.15, -0.1) is 11.8 Å². The Labute approximate surface area is 142 Å². The molecule has 0 aliphatic carbocycles. The summed E-state index contributed by atoms with van der Waals surface area (Å²) in [7, 11) is 0. The predicted molar refractivity (Wildman–Crippen MR) is 82.2 cm³/mol. The zero-order valence-corrected chi connectivity index (χ0v) is 13.6. The summed E-state index contributed by atoms with van der Waals surface area (Å²) < 4.78 is 38.7. The molecule has 2 rings (SSSR count). The van der Waals surface area contributed by atoms with Crippen molar-refractivity contribution in [1.82, 2.24) is 10.2 Å². The number of carboxylic acid groups (broad SMARTS) is 1. The van der Waals surface area contributed by atoms with Crippen LogP contribution in [0, 0.1) is 0 Å². The Hall–Kier alpha value is -1.58. The molecule has 0 saturated heterocycles. The van der Waals surface area contributed by atoms with E-state index in [-0.39, 0.29) is 21.8 Å². The Kier molecular flexibility index (Phi) is 4.74. The standard InChI is InChI=1S/C12H8Cl2F3N3O2S/c1-23-10-6(11(21)22)9(19-20-10)5-4(13)2-3(12(15,16)17)8(18)7(5)14/h2H,18H2,1H3,(H,19,20)(H,21,22). The van der Waals surface area contributed by atoms with Crippen molar-refractivity contribution in [1.29, 1.82) is 0 Å². The molecule has 0 spiro atoms. The first kappa shape index (κ1) is 17.8. The summed E-state index contributed by atoms with van der Waals surface area (Å²) in [5.74, 6) is -1.33. The number of hydrogen-bond acceptors (Lipinski definition) is 4. The summed E-state index contributed by atoms with van der Waals surface area (Å²) in [5, 5.41) is 14.8. The number of carboxylic acids is 1. The first-order valence-corrected chi connectivity index (χ1v) is 7.78. The van der Waals surface area contributed by atoms with E-state index < -0.39 is 33.4 Å². The van der Waals surface area contributed by atoms with Crippen LogP contribution in [-0.2, 0) is 6.18 Å². The van der Waals surface area contributed by atoms with Crippen LogP contribution in [0.2, 0.25) is 10.0 Å². The van der Waals surface area contributed by atoms with Crippen molar-refractivity contribution in [2.45, 2.75) is 11.2 Å². The van der Waals surface area contributed by atoms with Gasteiger partial charge in [0, 0.05) is 5.56 Å². The van der Waals surface area contributed by atoms with Crippen molar-refractivity contribution in [2.24, 2.45) is 0 Å². The van der Waals surface area contributed by atoms with Crippen molar-refractivity contribution < 1.29 is 23.1 Å². The molecule has 5 nitrogen and oxygen atoms in total. The van der Waals surface area contributed by atoms with E-state index in [4.69, 9.17) is 28.9 Å². The molecule has 0 aliphatic heterocycles. The van der Waals surface area contributed by atoms with E-state index in [2.05, 4.69) is 10.2 Å². The number of nitrogen functional groups attached to an aromatic ring is 1. The van der Waals surface area contributed by atoms with Crippen molar-refractivity contribution >= 4 is 46.6 Å². The van der Waals surface area contributed by atoms with E-state index in [9.17, 15) is 23.1 Å². The molecule has 1 aromatic carbocycles. The molecule has 0 bridgehead atoms. The van der Waals surface area contributed by atoms with Gasteiger partial charge in [0.1, 0.15) is 10.6 Å². The van der Waals surface area contributed by atoms with E-state index in [1.165, 1.54) is 0 Å². The van der Waals surface area contributed by atoms with Crippen LogP contribution in [0.4, 0.5) is 18.9 Å². The number of hydrogen-bond donors (Lipinski definition) is 3. The summed E-state index contributed by atoms with van der Waals surface area (Å²) >= 11 is 12.8. The molecule has 11 heteroatoms. The van der Waals surface area contributed by atoms with Gasteiger partial charge < -0.3 is 10.8 Å². The Morgan fingerprint density at radius 2 is 2.04 bits per heavy atom. The van der Waals surface area contributed by atoms with Gasteiger partial charge in [0.05, 0.1) is 27.0 Å². The van der Waals surface area contributed by atoms with E-state index in [0.29, 0.717) is 6.07 Å². The molecule has 0 amide bonds. The van der Waals surface area contributed by atoms with Crippen molar-refractivity contribution in [3.05, 3.63) is 27.2 Å². The lowest BCUT2D eigenvalue weighted by atomic mass is 10.0. The number of nitrogens with one attached hydrogen (secondary N) is 1. The average Bonchev–Trinajstić information content (AvgIpc) is 2.85. The molecule has 23 heavy (non-hydrogen) atoms. The Morgan fingerprint density at radius 1 is 1.43 bits per heavy atom. The number of aromatic amines is 1. The molecule has 0 radical (unpaired) electrons. The Morgan fingerprint density at radius 3 is 2.52 bits per heavy atom. The second-order valence-corrected chi connectivity index (χ2v) is 5.87. The largest absolute Gasteiger partial charge is 0.478 e. The van der Waals surface area contributed by atoms with Crippen LogP contribution < -0.4 is 5.73 Å². The number of halogens is 5. The molecule has 0 atom stereocenters. The topological polar surface area (TPSA) is 92.0 Å². The minimum Gasteiger partial charge on any atom is -0.478 e. The molecule has 0 saturated carbocycles.